The average molecular weight is 347 g/mol. The molecule has 0 fully saturated rings. The highest BCUT2D eigenvalue weighted by Crippen LogP contribution is 2.20. The van der Waals surface area contributed by atoms with Crippen molar-refractivity contribution in [3.63, 3.8) is 0 Å². The maximum Gasteiger partial charge on any atom is 0.323 e. The van der Waals surface area contributed by atoms with Crippen LogP contribution in [0.4, 0.5) is 14.9 Å². The maximum absolute atomic E-state index is 13.1. The van der Waals surface area contributed by atoms with Gasteiger partial charge in [0, 0.05) is 11.7 Å². The van der Waals surface area contributed by atoms with Gasteiger partial charge in [0.2, 0.25) is 0 Å². The summed E-state index contributed by atoms with van der Waals surface area (Å²) in [5, 5.41) is 11.4. The summed E-state index contributed by atoms with van der Waals surface area (Å²) in [4.78, 5) is 24.1. The van der Waals surface area contributed by atoms with E-state index in [1.54, 1.807) is 6.92 Å². The number of nitrogens with zero attached hydrogens (tertiary/aromatic N) is 1. The molecular formula is C13H16BrFN2O3. The minimum absolute atomic E-state index is 0.213. The van der Waals surface area contributed by atoms with E-state index in [2.05, 4.69) is 21.2 Å². The van der Waals surface area contributed by atoms with E-state index < -0.39 is 17.8 Å². The van der Waals surface area contributed by atoms with Gasteiger partial charge in [0.15, 0.2) is 0 Å². The summed E-state index contributed by atoms with van der Waals surface area (Å²) in [6.07, 6.45) is 0.633. The monoisotopic (exact) mass is 346 g/mol. The van der Waals surface area contributed by atoms with E-state index in [9.17, 15) is 14.0 Å². The molecule has 0 spiro atoms. The quantitative estimate of drug-likeness (QED) is 0.859. The standard InChI is InChI=1S/C13H16BrFN2O3/c1-3-8(2)17(7-12(18)19)13(20)16-9-4-5-11(15)10(14)6-9/h4-6,8H,3,7H2,1-2H3,(H,16,20)(H,18,19). The van der Waals surface area contributed by atoms with Crippen molar-refractivity contribution in [1.29, 1.82) is 0 Å². The van der Waals surface area contributed by atoms with Crippen molar-refractivity contribution in [3.8, 4) is 0 Å². The van der Waals surface area contributed by atoms with Crippen LogP contribution < -0.4 is 5.32 Å². The van der Waals surface area contributed by atoms with E-state index in [4.69, 9.17) is 5.11 Å². The molecule has 0 saturated heterocycles. The molecule has 0 aliphatic heterocycles. The van der Waals surface area contributed by atoms with Crippen LogP contribution in [0.5, 0.6) is 0 Å². The summed E-state index contributed by atoms with van der Waals surface area (Å²) in [5.41, 5.74) is 0.391. The van der Waals surface area contributed by atoms with Crippen LogP contribution in [0.3, 0.4) is 0 Å². The fourth-order valence-corrected chi connectivity index (χ4v) is 1.94. The summed E-state index contributed by atoms with van der Waals surface area (Å²) >= 11 is 3.02. The summed E-state index contributed by atoms with van der Waals surface area (Å²) in [7, 11) is 0. The van der Waals surface area contributed by atoms with Crippen molar-refractivity contribution in [2.45, 2.75) is 26.3 Å². The summed E-state index contributed by atoms with van der Waals surface area (Å²) < 4.78 is 13.3. The predicted molar refractivity (Wildman–Crippen MR) is 77.2 cm³/mol. The molecule has 2 N–H and O–H groups in total. The Labute approximate surface area is 124 Å². The fraction of sp³-hybridized carbons (Fsp3) is 0.385. The first kappa shape index (κ1) is 16.4. The molecule has 7 heteroatoms. The van der Waals surface area contributed by atoms with Crippen LogP contribution >= 0.6 is 15.9 Å². The predicted octanol–water partition coefficient (Wildman–Crippen LogP) is 3.31. The molecule has 0 aliphatic carbocycles. The zero-order chi connectivity index (χ0) is 15.3. The van der Waals surface area contributed by atoms with Crippen molar-refractivity contribution >= 4 is 33.6 Å². The normalized spacial score (nSPS) is 11.8. The molecule has 1 unspecified atom stereocenters. The number of carbonyl (C=O) groups excluding carboxylic acids is 1. The Balaban J connectivity index is 2.84. The number of carbonyl (C=O) groups is 2. The lowest BCUT2D eigenvalue weighted by Crippen LogP contribution is -2.44. The fourth-order valence-electron chi connectivity index (χ4n) is 1.56. The Morgan fingerprint density at radius 2 is 2.15 bits per heavy atom. The molecule has 110 valence electrons. The van der Waals surface area contributed by atoms with Crippen molar-refractivity contribution in [2.75, 3.05) is 11.9 Å². The van der Waals surface area contributed by atoms with Gasteiger partial charge in [-0.05, 0) is 47.5 Å². The number of aliphatic carboxylic acids is 1. The number of hydrogen-bond donors (Lipinski definition) is 2. The molecule has 1 atom stereocenters. The van der Waals surface area contributed by atoms with Gasteiger partial charge in [0.1, 0.15) is 12.4 Å². The summed E-state index contributed by atoms with van der Waals surface area (Å²) in [6.45, 7) is 3.24. The zero-order valence-corrected chi connectivity index (χ0v) is 12.8. The SMILES string of the molecule is CCC(C)N(CC(=O)O)C(=O)Nc1ccc(F)c(Br)c1. The van der Waals surface area contributed by atoms with Gasteiger partial charge in [-0.3, -0.25) is 4.79 Å². The average Bonchev–Trinajstić information content (AvgIpc) is 2.39. The van der Waals surface area contributed by atoms with Crippen LogP contribution in [0.2, 0.25) is 0 Å². The van der Waals surface area contributed by atoms with Crippen molar-refractivity contribution in [1.82, 2.24) is 4.90 Å². The maximum atomic E-state index is 13.1. The molecule has 0 aromatic heterocycles. The first-order chi connectivity index (χ1) is 9.35. The topological polar surface area (TPSA) is 69.6 Å². The highest BCUT2D eigenvalue weighted by atomic mass is 79.9. The number of nitrogens with one attached hydrogen (secondary N) is 1. The molecule has 0 bridgehead atoms. The minimum Gasteiger partial charge on any atom is -0.480 e. The third-order valence-electron chi connectivity index (χ3n) is 2.86. The van der Waals surface area contributed by atoms with E-state index >= 15 is 0 Å². The summed E-state index contributed by atoms with van der Waals surface area (Å²) in [6, 6.07) is 3.30. The van der Waals surface area contributed by atoms with Crippen LogP contribution in [0.1, 0.15) is 20.3 Å². The van der Waals surface area contributed by atoms with Crippen LogP contribution in [0.25, 0.3) is 0 Å². The molecule has 2 amide bonds. The molecule has 0 aliphatic rings. The number of urea groups is 1. The molecule has 5 nitrogen and oxygen atoms in total. The Kier molecular flexibility index (Phi) is 5.94. The highest BCUT2D eigenvalue weighted by Gasteiger charge is 2.21. The number of benzene rings is 1. The lowest BCUT2D eigenvalue weighted by Gasteiger charge is -2.27. The van der Waals surface area contributed by atoms with Gasteiger partial charge in [-0.25, -0.2) is 9.18 Å². The largest absolute Gasteiger partial charge is 0.480 e. The van der Waals surface area contributed by atoms with Gasteiger partial charge < -0.3 is 15.3 Å². The van der Waals surface area contributed by atoms with Gasteiger partial charge in [0.25, 0.3) is 0 Å². The van der Waals surface area contributed by atoms with Crippen LogP contribution in [-0.2, 0) is 4.79 Å². The van der Waals surface area contributed by atoms with Crippen molar-refractivity contribution in [2.24, 2.45) is 0 Å². The Morgan fingerprint density at radius 1 is 1.50 bits per heavy atom. The van der Waals surface area contributed by atoms with Crippen molar-refractivity contribution in [3.05, 3.63) is 28.5 Å². The second kappa shape index (κ2) is 7.23. The molecular weight excluding hydrogens is 331 g/mol. The van der Waals surface area contributed by atoms with E-state index in [-0.39, 0.29) is 17.1 Å². The Bertz CT molecular complexity index is 510. The number of amides is 2. The second-order valence-corrected chi connectivity index (χ2v) is 5.19. The minimum atomic E-state index is -1.08. The van der Waals surface area contributed by atoms with E-state index in [1.807, 2.05) is 6.92 Å². The number of hydrogen-bond acceptors (Lipinski definition) is 2. The third kappa shape index (κ3) is 4.48. The molecule has 20 heavy (non-hydrogen) atoms. The van der Waals surface area contributed by atoms with Crippen LogP contribution in [-0.4, -0.2) is 34.6 Å². The third-order valence-corrected chi connectivity index (χ3v) is 3.47. The number of carboxylic acids is 1. The van der Waals surface area contributed by atoms with Crippen molar-refractivity contribution < 1.29 is 19.1 Å². The lowest BCUT2D eigenvalue weighted by atomic mass is 10.2. The molecule has 0 radical (unpaired) electrons. The van der Waals surface area contributed by atoms with E-state index in [1.165, 1.54) is 23.1 Å². The van der Waals surface area contributed by atoms with Gasteiger partial charge in [-0.1, -0.05) is 6.92 Å². The van der Waals surface area contributed by atoms with Gasteiger partial charge >= 0.3 is 12.0 Å². The first-order valence-corrected chi connectivity index (χ1v) is 6.89. The highest BCUT2D eigenvalue weighted by molar-refractivity contribution is 9.10. The zero-order valence-electron chi connectivity index (χ0n) is 11.2. The van der Waals surface area contributed by atoms with Crippen LogP contribution in [0, 0.1) is 5.82 Å². The summed E-state index contributed by atoms with van der Waals surface area (Å²) in [5.74, 6) is -1.52. The molecule has 0 heterocycles. The Morgan fingerprint density at radius 3 is 2.65 bits per heavy atom. The van der Waals surface area contributed by atoms with Gasteiger partial charge in [-0.2, -0.15) is 0 Å². The van der Waals surface area contributed by atoms with E-state index in [0.29, 0.717) is 12.1 Å². The van der Waals surface area contributed by atoms with Gasteiger partial charge in [-0.15, -0.1) is 0 Å². The molecule has 1 aromatic carbocycles. The second-order valence-electron chi connectivity index (χ2n) is 4.34. The number of carboxylic acid groups (broad SMARTS) is 1. The molecule has 0 saturated carbocycles. The lowest BCUT2D eigenvalue weighted by molar-refractivity contribution is -0.138. The number of rotatable bonds is 5. The first-order valence-electron chi connectivity index (χ1n) is 6.09. The van der Waals surface area contributed by atoms with E-state index in [0.717, 1.165) is 0 Å². The Hall–Kier alpha value is -1.63. The molecule has 1 rings (SSSR count). The smallest absolute Gasteiger partial charge is 0.323 e. The molecule has 1 aromatic rings. The number of halogens is 2. The number of anilines is 1. The van der Waals surface area contributed by atoms with Gasteiger partial charge in [0.05, 0.1) is 4.47 Å². The van der Waals surface area contributed by atoms with Crippen LogP contribution in [0.15, 0.2) is 22.7 Å².